The van der Waals surface area contributed by atoms with Crippen LogP contribution in [0, 0.1) is 6.92 Å². The number of alkyl halides is 1. The minimum atomic E-state index is -0.0639. The van der Waals surface area contributed by atoms with Crippen molar-refractivity contribution in [2.24, 2.45) is 0 Å². The van der Waals surface area contributed by atoms with Gasteiger partial charge in [-0.3, -0.25) is 4.79 Å². The van der Waals surface area contributed by atoms with Crippen LogP contribution >= 0.6 is 22.6 Å². The number of aryl methyl sites for hydroxylation is 1. The number of carbonyl (C=O) groups is 1. The van der Waals surface area contributed by atoms with E-state index >= 15 is 0 Å². The van der Waals surface area contributed by atoms with E-state index in [1.54, 1.807) is 12.1 Å². The maximum Gasteiger partial charge on any atom is 0.251 e. The molecule has 3 nitrogen and oxygen atoms in total. The first-order valence-electron chi connectivity index (χ1n) is 5.29. The lowest BCUT2D eigenvalue weighted by Gasteiger charge is -2.07. The number of phenols is 1. The molecule has 4 heteroatoms. The van der Waals surface area contributed by atoms with E-state index in [-0.39, 0.29) is 11.7 Å². The molecule has 0 unspecified atom stereocenters. The van der Waals surface area contributed by atoms with Gasteiger partial charge in [0, 0.05) is 12.1 Å². The third kappa shape index (κ3) is 4.00. The molecule has 0 fully saturated rings. The largest absolute Gasteiger partial charge is 0.508 e. The van der Waals surface area contributed by atoms with E-state index in [4.69, 9.17) is 0 Å². The van der Waals surface area contributed by atoms with Gasteiger partial charge in [0.1, 0.15) is 5.75 Å². The Balaban J connectivity index is 2.53. The third-order valence-corrected chi connectivity index (χ3v) is 3.06. The second-order valence-electron chi connectivity index (χ2n) is 3.65. The summed E-state index contributed by atoms with van der Waals surface area (Å²) in [5.41, 5.74) is 1.43. The lowest BCUT2D eigenvalue weighted by atomic mass is 10.1. The minimum absolute atomic E-state index is 0.0639. The molecule has 0 aromatic heterocycles. The lowest BCUT2D eigenvalue weighted by Crippen LogP contribution is -2.25. The lowest BCUT2D eigenvalue weighted by molar-refractivity contribution is 0.0952. The number of amides is 1. The minimum Gasteiger partial charge on any atom is -0.508 e. The van der Waals surface area contributed by atoms with Gasteiger partial charge in [-0.05, 0) is 48.0 Å². The van der Waals surface area contributed by atoms with Crippen molar-refractivity contribution in [1.82, 2.24) is 5.32 Å². The number of aromatic hydroxyl groups is 1. The highest BCUT2D eigenvalue weighted by atomic mass is 127. The summed E-state index contributed by atoms with van der Waals surface area (Å²) < 4.78 is 1.12. The Morgan fingerprint density at radius 2 is 2.19 bits per heavy atom. The molecule has 88 valence electrons. The number of nitrogens with one attached hydrogen (secondary N) is 1. The predicted molar refractivity (Wildman–Crippen MR) is 73.3 cm³/mol. The van der Waals surface area contributed by atoms with E-state index in [2.05, 4.69) is 27.9 Å². The van der Waals surface area contributed by atoms with Crippen LogP contribution in [0.25, 0.3) is 0 Å². The summed E-state index contributed by atoms with van der Waals surface area (Å²) in [7, 11) is 0. The molecule has 1 aromatic carbocycles. The maximum absolute atomic E-state index is 11.7. The first kappa shape index (κ1) is 13.3. The molecule has 0 aliphatic carbocycles. The Kier molecular flexibility index (Phi) is 5.59. The highest BCUT2D eigenvalue weighted by Gasteiger charge is 2.08. The molecule has 16 heavy (non-hydrogen) atoms. The Labute approximate surface area is 109 Å². The Morgan fingerprint density at radius 3 is 2.81 bits per heavy atom. The van der Waals surface area contributed by atoms with E-state index in [0.717, 1.165) is 22.8 Å². The molecule has 1 rings (SSSR count). The number of hydrogen-bond donors (Lipinski definition) is 2. The fourth-order valence-corrected chi connectivity index (χ4v) is 1.96. The van der Waals surface area contributed by atoms with E-state index in [9.17, 15) is 9.90 Å². The number of unbranched alkanes of at least 4 members (excludes halogenated alkanes) is 1. The van der Waals surface area contributed by atoms with Gasteiger partial charge < -0.3 is 10.4 Å². The molecule has 0 saturated carbocycles. The Hall–Kier alpha value is -0.780. The van der Waals surface area contributed by atoms with Gasteiger partial charge in [0.15, 0.2) is 0 Å². The molecule has 2 N–H and O–H groups in total. The van der Waals surface area contributed by atoms with Crippen LogP contribution in [0.3, 0.4) is 0 Å². The van der Waals surface area contributed by atoms with Crippen molar-refractivity contribution in [3.63, 3.8) is 0 Å². The quantitative estimate of drug-likeness (QED) is 0.494. The molecule has 0 radical (unpaired) electrons. The average Bonchev–Trinajstić information content (AvgIpc) is 2.24. The highest BCUT2D eigenvalue weighted by molar-refractivity contribution is 14.1. The summed E-state index contributed by atoms with van der Waals surface area (Å²) in [6.45, 7) is 2.53. The van der Waals surface area contributed by atoms with Crippen LogP contribution in [0.15, 0.2) is 18.2 Å². The number of hydrogen-bond acceptors (Lipinski definition) is 2. The molecule has 0 bridgehead atoms. The van der Waals surface area contributed by atoms with Gasteiger partial charge in [0.05, 0.1) is 0 Å². The zero-order valence-electron chi connectivity index (χ0n) is 9.29. The summed E-state index contributed by atoms with van der Waals surface area (Å²) in [5.74, 6) is 0.130. The molecule has 0 saturated heterocycles. The molecule has 1 aromatic rings. The zero-order chi connectivity index (χ0) is 12.0. The van der Waals surface area contributed by atoms with Gasteiger partial charge in [-0.15, -0.1) is 0 Å². The van der Waals surface area contributed by atoms with Crippen molar-refractivity contribution in [1.29, 1.82) is 0 Å². The van der Waals surface area contributed by atoms with Gasteiger partial charge >= 0.3 is 0 Å². The van der Waals surface area contributed by atoms with Crippen molar-refractivity contribution in [2.75, 3.05) is 11.0 Å². The van der Waals surface area contributed by atoms with Crippen molar-refractivity contribution in [3.8, 4) is 5.75 Å². The van der Waals surface area contributed by atoms with Crippen LogP contribution in [0.2, 0.25) is 0 Å². The Bertz CT molecular complexity index is 366. The molecule has 0 aliphatic rings. The van der Waals surface area contributed by atoms with E-state index in [0.29, 0.717) is 12.1 Å². The second kappa shape index (κ2) is 6.73. The number of rotatable bonds is 5. The van der Waals surface area contributed by atoms with Gasteiger partial charge in [0.2, 0.25) is 0 Å². The Morgan fingerprint density at radius 1 is 1.44 bits per heavy atom. The molecule has 0 spiro atoms. The SMILES string of the molecule is Cc1cc(O)ccc1C(=O)NCCCCI. The molecular formula is C12H16INO2. The predicted octanol–water partition coefficient (Wildman–Crippen LogP) is 2.65. The van der Waals surface area contributed by atoms with Gasteiger partial charge in [0.25, 0.3) is 5.91 Å². The number of halogens is 1. The van der Waals surface area contributed by atoms with E-state index < -0.39 is 0 Å². The monoisotopic (exact) mass is 333 g/mol. The van der Waals surface area contributed by atoms with Crippen molar-refractivity contribution >= 4 is 28.5 Å². The summed E-state index contributed by atoms with van der Waals surface area (Å²) in [6.07, 6.45) is 2.13. The van der Waals surface area contributed by atoms with Gasteiger partial charge in [-0.1, -0.05) is 22.6 Å². The number of phenolic OH excluding ortho intramolecular Hbond substituents is 1. The molecule has 0 aliphatic heterocycles. The first-order valence-corrected chi connectivity index (χ1v) is 6.81. The highest BCUT2D eigenvalue weighted by Crippen LogP contribution is 2.15. The average molecular weight is 333 g/mol. The summed E-state index contributed by atoms with van der Waals surface area (Å²) in [6, 6.07) is 4.78. The van der Waals surface area contributed by atoms with Gasteiger partial charge in [-0.2, -0.15) is 0 Å². The zero-order valence-corrected chi connectivity index (χ0v) is 11.5. The van der Waals surface area contributed by atoms with E-state index in [1.807, 2.05) is 6.92 Å². The van der Waals surface area contributed by atoms with Gasteiger partial charge in [-0.25, -0.2) is 0 Å². The van der Waals surface area contributed by atoms with Crippen LogP contribution in [-0.4, -0.2) is 22.0 Å². The van der Waals surface area contributed by atoms with Crippen molar-refractivity contribution < 1.29 is 9.90 Å². The molecule has 1 amide bonds. The van der Waals surface area contributed by atoms with Crippen LogP contribution in [0.4, 0.5) is 0 Å². The normalized spacial score (nSPS) is 10.1. The van der Waals surface area contributed by atoms with Crippen LogP contribution in [0.1, 0.15) is 28.8 Å². The first-order chi connectivity index (χ1) is 7.65. The van der Waals surface area contributed by atoms with Crippen LogP contribution in [-0.2, 0) is 0 Å². The van der Waals surface area contributed by atoms with Crippen LogP contribution < -0.4 is 5.32 Å². The third-order valence-electron chi connectivity index (χ3n) is 2.30. The maximum atomic E-state index is 11.7. The topological polar surface area (TPSA) is 49.3 Å². The second-order valence-corrected chi connectivity index (χ2v) is 4.73. The van der Waals surface area contributed by atoms with Crippen LogP contribution in [0.5, 0.6) is 5.75 Å². The fourth-order valence-electron chi connectivity index (χ4n) is 1.42. The smallest absolute Gasteiger partial charge is 0.251 e. The summed E-state index contributed by atoms with van der Waals surface area (Å²) in [5, 5.41) is 12.1. The molecule has 0 atom stereocenters. The van der Waals surface area contributed by atoms with Crippen molar-refractivity contribution in [3.05, 3.63) is 29.3 Å². The molecular weight excluding hydrogens is 317 g/mol. The molecule has 0 heterocycles. The standard InChI is InChI=1S/C12H16INO2/c1-9-8-10(15)4-5-11(9)12(16)14-7-3-2-6-13/h4-5,8,15H,2-3,6-7H2,1H3,(H,14,16). The van der Waals surface area contributed by atoms with Crippen molar-refractivity contribution in [2.45, 2.75) is 19.8 Å². The fraction of sp³-hybridized carbons (Fsp3) is 0.417. The number of benzene rings is 1. The summed E-state index contributed by atoms with van der Waals surface area (Å²) in [4.78, 5) is 11.7. The number of carbonyl (C=O) groups excluding carboxylic acids is 1. The summed E-state index contributed by atoms with van der Waals surface area (Å²) >= 11 is 2.32. The van der Waals surface area contributed by atoms with E-state index in [1.165, 1.54) is 6.07 Å².